The van der Waals surface area contributed by atoms with Crippen LogP contribution in [-0.4, -0.2) is 38.7 Å². The van der Waals surface area contributed by atoms with Gasteiger partial charge in [0.2, 0.25) is 5.91 Å². The molecule has 1 aromatic heterocycles. The highest BCUT2D eigenvalue weighted by atomic mass is 32.2. The van der Waals surface area contributed by atoms with Crippen molar-refractivity contribution in [3.8, 4) is 5.69 Å². The van der Waals surface area contributed by atoms with Gasteiger partial charge < -0.3 is 4.90 Å². The number of nitrogens with zero attached hydrogens (tertiary/aromatic N) is 3. The van der Waals surface area contributed by atoms with Gasteiger partial charge >= 0.3 is 0 Å². The molecule has 4 rings (SSSR count). The Labute approximate surface area is 181 Å². The monoisotopic (exact) mass is 421 g/mol. The molecule has 156 valence electrons. The summed E-state index contributed by atoms with van der Waals surface area (Å²) in [7, 11) is 0. The van der Waals surface area contributed by atoms with Gasteiger partial charge in [-0.25, -0.2) is 4.98 Å². The predicted molar refractivity (Wildman–Crippen MR) is 123 cm³/mol. The fourth-order valence-corrected chi connectivity index (χ4v) is 5.13. The van der Waals surface area contributed by atoms with Crippen LogP contribution < -0.4 is 5.56 Å². The molecule has 0 N–H and O–H groups in total. The average Bonchev–Trinajstić information content (AvgIpc) is 2.74. The number of amides is 1. The van der Waals surface area contributed by atoms with Crippen molar-refractivity contribution in [1.82, 2.24) is 14.5 Å². The first-order valence-electron chi connectivity index (χ1n) is 10.5. The molecule has 1 unspecified atom stereocenters. The van der Waals surface area contributed by atoms with Crippen molar-refractivity contribution in [2.45, 2.75) is 51.2 Å². The summed E-state index contributed by atoms with van der Waals surface area (Å²) in [6.07, 6.45) is 3.29. The Bertz CT molecular complexity index is 1130. The van der Waals surface area contributed by atoms with Crippen LogP contribution in [0, 0.1) is 13.8 Å². The second kappa shape index (κ2) is 8.64. The Hall–Kier alpha value is -2.60. The molecule has 0 radical (unpaired) electrons. The molecule has 2 heterocycles. The van der Waals surface area contributed by atoms with E-state index in [0.29, 0.717) is 16.1 Å². The number of hydrogen-bond donors (Lipinski definition) is 0. The minimum Gasteiger partial charge on any atom is -0.339 e. The van der Waals surface area contributed by atoms with E-state index in [1.165, 1.54) is 18.2 Å². The summed E-state index contributed by atoms with van der Waals surface area (Å²) >= 11 is 1.35. The SMILES string of the molecule is Cc1cccc(C)c1-n1c(SCC(=O)N2CCCCC2C)nc2ccccc2c1=O. The Kier molecular flexibility index (Phi) is 5.95. The van der Waals surface area contributed by atoms with Gasteiger partial charge in [-0.05, 0) is 63.3 Å². The standard InChI is InChI=1S/C24H27N3O2S/c1-16-9-8-10-17(2)22(16)27-23(29)19-12-4-5-13-20(19)25-24(27)30-15-21(28)26-14-7-6-11-18(26)3/h4-5,8-10,12-13,18H,6-7,11,14-15H2,1-3H3. The molecule has 1 saturated heterocycles. The average molecular weight is 422 g/mol. The second-order valence-electron chi connectivity index (χ2n) is 8.01. The van der Waals surface area contributed by atoms with E-state index in [9.17, 15) is 9.59 Å². The third kappa shape index (κ3) is 3.88. The van der Waals surface area contributed by atoms with Crippen LogP contribution in [0.15, 0.2) is 52.4 Å². The van der Waals surface area contributed by atoms with Crippen LogP contribution in [0.25, 0.3) is 16.6 Å². The summed E-state index contributed by atoms with van der Waals surface area (Å²) in [4.78, 5) is 33.1. The zero-order valence-corrected chi connectivity index (χ0v) is 18.5. The van der Waals surface area contributed by atoms with Crippen LogP contribution in [0.1, 0.15) is 37.3 Å². The lowest BCUT2D eigenvalue weighted by Crippen LogP contribution is -2.43. The fraction of sp³-hybridized carbons (Fsp3) is 0.375. The van der Waals surface area contributed by atoms with E-state index in [4.69, 9.17) is 4.98 Å². The Balaban J connectivity index is 1.77. The number of aryl methyl sites for hydroxylation is 2. The van der Waals surface area contributed by atoms with Gasteiger partial charge in [-0.2, -0.15) is 0 Å². The van der Waals surface area contributed by atoms with Crippen molar-refractivity contribution in [2.24, 2.45) is 0 Å². The van der Waals surface area contributed by atoms with Crippen LogP contribution in [0.5, 0.6) is 0 Å². The minimum atomic E-state index is -0.0979. The number of para-hydroxylation sites is 2. The number of benzene rings is 2. The number of fused-ring (bicyclic) bond motifs is 1. The van der Waals surface area contributed by atoms with Crippen LogP contribution in [0.4, 0.5) is 0 Å². The van der Waals surface area contributed by atoms with Crippen molar-refractivity contribution in [3.63, 3.8) is 0 Å². The third-order valence-corrected chi connectivity index (χ3v) is 6.78. The van der Waals surface area contributed by atoms with E-state index in [1.54, 1.807) is 4.57 Å². The Morgan fingerprint density at radius 3 is 2.57 bits per heavy atom. The molecule has 1 aliphatic rings. The molecule has 1 atom stereocenters. The third-order valence-electron chi connectivity index (χ3n) is 5.86. The molecule has 0 bridgehead atoms. The number of carbonyl (C=O) groups excluding carboxylic acids is 1. The van der Waals surface area contributed by atoms with Crippen molar-refractivity contribution >= 4 is 28.6 Å². The van der Waals surface area contributed by atoms with Gasteiger partial charge in [0.15, 0.2) is 5.16 Å². The lowest BCUT2D eigenvalue weighted by Gasteiger charge is -2.33. The summed E-state index contributed by atoms with van der Waals surface area (Å²) in [6.45, 7) is 6.93. The zero-order chi connectivity index (χ0) is 21.3. The van der Waals surface area contributed by atoms with E-state index in [0.717, 1.165) is 36.2 Å². The first-order chi connectivity index (χ1) is 14.5. The van der Waals surface area contributed by atoms with E-state index in [-0.39, 0.29) is 23.3 Å². The lowest BCUT2D eigenvalue weighted by molar-refractivity contribution is -0.131. The van der Waals surface area contributed by atoms with Crippen LogP contribution >= 0.6 is 11.8 Å². The Morgan fingerprint density at radius 2 is 1.83 bits per heavy atom. The van der Waals surface area contributed by atoms with Crippen LogP contribution in [0.3, 0.4) is 0 Å². The van der Waals surface area contributed by atoms with Crippen molar-refractivity contribution in [1.29, 1.82) is 0 Å². The summed E-state index contributed by atoms with van der Waals surface area (Å²) in [5, 5.41) is 1.15. The normalized spacial score (nSPS) is 16.8. The Morgan fingerprint density at radius 1 is 1.10 bits per heavy atom. The first kappa shape index (κ1) is 20.7. The molecule has 1 amide bonds. The molecule has 0 spiro atoms. The molecule has 6 heteroatoms. The highest BCUT2D eigenvalue weighted by Crippen LogP contribution is 2.26. The number of thioether (sulfide) groups is 1. The smallest absolute Gasteiger partial charge is 0.266 e. The highest BCUT2D eigenvalue weighted by molar-refractivity contribution is 7.99. The van der Waals surface area contributed by atoms with Crippen molar-refractivity contribution in [3.05, 3.63) is 63.9 Å². The van der Waals surface area contributed by atoms with Gasteiger partial charge in [-0.3, -0.25) is 14.2 Å². The lowest BCUT2D eigenvalue weighted by atomic mass is 10.0. The summed E-state index contributed by atoms with van der Waals surface area (Å²) < 4.78 is 1.69. The molecule has 30 heavy (non-hydrogen) atoms. The van der Waals surface area contributed by atoms with Crippen molar-refractivity contribution < 1.29 is 4.79 Å². The fourth-order valence-electron chi connectivity index (χ4n) is 4.24. The van der Waals surface area contributed by atoms with Gasteiger partial charge in [-0.1, -0.05) is 42.1 Å². The van der Waals surface area contributed by atoms with Gasteiger partial charge in [-0.15, -0.1) is 0 Å². The summed E-state index contributed by atoms with van der Waals surface area (Å²) in [6, 6.07) is 13.7. The molecular formula is C24H27N3O2S. The van der Waals surface area contributed by atoms with E-state index in [1.807, 2.05) is 61.2 Å². The number of likely N-dealkylation sites (tertiary alicyclic amines) is 1. The van der Waals surface area contributed by atoms with E-state index >= 15 is 0 Å². The molecule has 1 fully saturated rings. The maximum atomic E-state index is 13.5. The first-order valence-corrected chi connectivity index (χ1v) is 11.5. The van der Waals surface area contributed by atoms with Crippen LogP contribution in [-0.2, 0) is 4.79 Å². The maximum absolute atomic E-state index is 13.5. The molecular weight excluding hydrogens is 394 g/mol. The molecule has 1 aliphatic heterocycles. The number of aromatic nitrogens is 2. The quantitative estimate of drug-likeness (QED) is 0.460. The molecule has 3 aromatic rings. The van der Waals surface area contributed by atoms with Gasteiger partial charge in [0.1, 0.15) is 0 Å². The topological polar surface area (TPSA) is 55.2 Å². The number of rotatable bonds is 4. The molecule has 5 nitrogen and oxygen atoms in total. The maximum Gasteiger partial charge on any atom is 0.266 e. The number of hydrogen-bond acceptors (Lipinski definition) is 4. The van der Waals surface area contributed by atoms with E-state index in [2.05, 4.69) is 6.92 Å². The molecule has 0 saturated carbocycles. The van der Waals surface area contributed by atoms with Gasteiger partial charge in [0.25, 0.3) is 5.56 Å². The predicted octanol–water partition coefficient (Wildman–Crippen LogP) is 4.50. The number of carbonyl (C=O) groups is 1. The largest absolute Gasteiger partial charge is 0.339 e. The zero-order valence-electron chi connectivity index (χ0n) is 17.7. The number of piperidine rings is 1. The van der Waals surface area contributed by atoms with E-state index < -0.39 is 0 Å². The van der Waals surface area contributed by atoms with Gasteiger partial charge in [0, 0.05) is 12.6 Å². The summed E-state index contributed by atoms with van der Waals surface area (Å²) in [5.74, 6) is 0.391. The molecule has 0 aliphatic carbocycles. The second-order valence-corrected chi connectivity index (χ2v) is 8.96. The van der Waals surface area contributed by atoms with Gasteiger partial charge in [0.05, 0.1) is 22.3 Å². The minimum absolute atomic E-state index is 0.0979. The summed E-state index contributed by atoms with van der Waals surface area (Å²) in [5.41, 5.74) is 3.42. The molecule has 2 aromatic carbocycles. The highest BCUT2D eigenvalue weighted by Gasteiger charge is 2.24. The van der Waals surface area contributed by atoms with Crippen molar-refractivity contribution in [2.75, 3.05) is 12.3 Å². The van der Waals surface area contributed by atoms with Crippen LogP contribution in [0.2, 0.25) is 0 Å².